The summed E-state index contributed by atoms with van der Waals surface area (Å²) in [4.78, 5) is 13.2. The Labute approximate surface area is 116 Å². The van der Waals surface area contributed by atoms with Crippen molar-refractivity contribution in [1.82, 2.24) is 19.9 Å². The maximum atomic E-state index is 10.8. The molecule has 1 aliphatic heterocycles. The molecule has 1 unspecified atom stereocenters. The van der Waals surface area contributed by atoms with Crippen LogP contribution in [0, 0.1) is 0 Å². The number of carboxylic acids is 1. The summed E-state index contributed by atoms with van der Waals surface area (Å²) in [6.07, 6.45) is 2.48. The van der Waals surface area contributed by atoms with Gasteiger partial charge in [0.15, 0.2) is 5.69 Å². The van der Waals surface area contributed by atoms with Gasteiger partial charge in [-0.1, -0.05) is 35.5 Å². The number of likely N-dealkylation sites (tertiary alicyclic amines) is 1. The molecule has 6 nitrogen and oxygen atoms in total. The fraction of sp³-hybridized carbons (Fsp3) is 0.357. The first kappa shape index (κ1) is 12.8. The Kier molecular flexibility index (Phi) is 3.47. The van der Waals surface area contributed by atoms with Crippen LogP contribution >= 0.6 is 0 Å². The zero-order valence-electron chi connectivity index (χ0n) is 11.0. The minimum atomic E-state index is -1.03. The molecule has 2 aromatic rings. The van der Waals surface area contributed by atoms with Crippen molar-refractivity contribution in [3.05, 3.63) is 47.8 Å². The molecule has 1 atom stereocenters. The molecule has 0 spiro atoms. The SMILES string of the molecule is O=C(O)c1cn(C2CCN(Cc3ccccc3)C2)nn1. The Bertz CT molecular complexity index is 596. The smallest absolute Gasteiger partial charge is 0.358 e. The van der Waals surface area contributed by atoms with Crippen LogP contribution in [0.15, 0.2) is 36.5 Å². The van der Waals surface area contributed by atoms with Gasteiger partial charge in [0.1, 0.15) is 0 Å². The van der Waals surface area contributed by atoms with Crippen LogP contribution in [0.5, 0.6) is 0 Å². The average Bonchev–Trinajstić information content (AvgIpc) is 3.08. The molecule has 104 valence electrons. The molecule has 1 saturated heterocycles. The first-order valence-corrected chi connectivity index (χ1v) is 6.64. The highest BCUT2D eigenvalue weighted by Crippen LogP contribution is 2.22. The molecule has 6 heteroatoms. The van der Waals surface area contributed by atoms with E-state index >= 15 is 0 Å². The minimum absolute atomic E-state index is 0.00603. The predicted molar refractivity (Wildman–Crippen MR) is 72.4 cm³/mol. The average molecular weight is 272 g/mol. The normalized spacial score (nSPS) is 19.3. The summed E-state index contributed by atoms with van der Waals surface area (Å²) < 4.78 is 1.68. The van der Waals surface area contributed by atoms with Crippen LogP contribution in [0.25, 0.3) is 0 Å². The maximum Gasteiger partial charge on any atom is 0.358 e. The third kappa shape index (κ3) is 2.70. The van der Waals surface area contributed by atoms with Crippen molar-refractivity contribution < 1.29 is 9.90 Å². The van der Waals surface area contributed by atoms with E-state index in [2.05, 4.69) is 27.3 Å². The lowest BCUT2D eigenvalue weighted by molar-refractivity contribution is 0.0690. The number of hydrogen-bond acceptors (Lipinski definition) is 4. The summed E-state index contributed by atoms with van der Waals surface area (Å²) in [7, 11) is 0. The van der Waals surface area contributed by atoms with Crippen LogP contribution in [-0.4, -0.2) is 44.1 Å². The first-order valence-electron chi connectivity index (χ1n) is 6.64. The number of carbonyl (C=O) groups is 1. The van der Waals surface area contributed by atoms with Gasteiger partial charge in [0, 0.05) is 19.6 Å². The van der Waals surface area contributed by atoms with Gasteiger partial charge in [0.05, 0.1) is 12.2 Å². The molecule has 1 fully saturated rings. The van der Waals surface area contributed by atoms with Crippen LogP contribution in [0.4, 0.5) is 0 Å². The number of hydrogen-bond donors (Lipinski definition) is 1. The Balaban J connectivity index is 1.63. The molecule has 2 heterocycles. The van der Waals surface area contributed by atoms with Crippen molar-refractivity contribution in [2.75, 3.05) is 13.1 Å². The van der Waals surface area contributed by atoms with E-state index in [0.717, 1.165) is 26.1 Å². The zero-order valence-corrected chi connectivity index (χ0v) is 11.0. The quantitative estimate of drug-likeness (QED) is 0.911. The zero-order chi connectivity index (χ0) is 13.9. The third-order valence-electron chi connectivity index (χ3n) is 3.60. The van der Waals surface area contributed by atoms with E-state index in [0.29, 0.717) is 0 Å². The van der Waals surface area contributed by atoms with Gasteiger partial charge < -0.3 is 5.11 Å². The highest BCUT2D eigenvalue weighted by atomic mass is 16.4. The number of carboxylic acid groups (broad SMARTS) is 1. The second-order valence-electron chi connectivity index (χ2n) is 5.05. The Hall–Kier alpha value is -2.21. The van der Waals surface area contributed by atoms with Gasteiger partial charge >= 0.3 is 5.97 Å². The monoisotopic (exact) mass is 272 g/mol. The number of benzene rings is 1. The van der Waals surface area contributed by atoms with E-state index < -0.39 is 5.97 Å². The number of aromatic carboxylic acids is 1. The van der Waals surface area contributed by atoms with E-state index in [4.69, 9.17) is 5.11 Å². The van der Waals surface area contributed by atoms with Gasteiger partial charge in [-0.05, 0) is 12.0 Å². The Morgan fingerprint density at radius 2 is 2.15 bits per heavy atom. The van der Waals surface area contributed by atoms with Gasteiger partial charge in [0.25, 0.3) is 0 Å². The van der Waals surface area contributed by atoms with Crippen molar-refractivity contribution in [1.29, 1.82) is 0 Å². The summed E-state index contributed by atoms with van der Waals surface area (Å²) in [6.45, 7) is 2.77. The highest BCUT2D eigenvalue weighted by Gasteiger charge is 2.25. The van der Waals surface area contributed by atoms with Crippen LogP contribution < -0.4 is 0 Å². The molecule has 0 aliphatic carbocycles. The molecule has 20 heavy (non-hydrogen) atoms. The molecule has 0 saturated carbocycles. The van der Waals surface area contributed by atoms with Gasteiger partial charge in [0.2, 0.25) is 0 Å². The Morgan fingerprint density at radius 1 is 1.35 bits per heavy atom. The number of aromatic nitrogens is 3. The van der Waals surface area contributed by atoms with Crippen molar-refractivity contribution in [2.45, 2.75) is 19.0 Å². The predicted octanol–water partition coefficient (Wildman–Crippen LogP) is 1.42. The lowest BCUT2D eigenvalue weighted by Gasteiger charge is -2.15. The van der Waals surface area contributed by atoms with Crippen LogP contribution in [-0.2, 0) is 6.54 Å². The van der Waals surface area contributed by atoms with Crippen molar-refractivity contribution in [2.24, 2.45) is 0 Å². The number of nitrogens with zero attached hydrogens (tertiary/aromatic N) is 4. The molecule has 1 aromatic heterocycles. The molecule has 0 radical (unpaired) electrons. The molecular formula is C14H16N4O2. The first-order chi connectivity index (χ1) is 9.72. The van der Waals surface area contributed by atoms with E-state index in [9.17, 15) is 4.79 Å². The van der Waals surface area contributed by atoms with Crippen LogP contribution in [0.3, 0.4) is 0 Å². The topological polar surface area (TPSA) is 71.2 Å². The third-order valence-corrected chi connectivity index (χ3v) is 3.60. The molecule has 0 amide bonds. The maximum absolute atomic E-state index is 10.8. The fourth-order valence-electron chi connectivity index (χ4n) is 2.57. The summed E-state index contributed by atoms with van der Waals surface area (Å²) in [5.41, 5.74) is 1.30. The van der Waals surface area contributed by atoms with Gasteiger partial charge in [-0.15, -0.1) is 5.10 Å². The molecule has 0 bridgehead atoms. The summed E-state index contributed by atoms with van der Waals surface area (Å²) >= 11 is 0. The van der Waals surface area contributed by atoms with E-state index in [1.807, 2.05) is 18.2 Å². The summed E-state index contributed by atoms with van der Waals surface area (Å²) in [6, 6.07) is 10.5. The second kappa shape index (κ2) is 5.42. The molecular weight excluding hydrogens is 256 g/mol. The second-order valence-corrected chi connectivity index (χ2v) is 5.05. The van der Waals surface area contributed by atoms with E-state index in [-0.39, 0.29) is 11.7 Å². The lowest BCUT2D eigenvalue weighted by Crippen LogP contribution is -2.21. The summed E-state index contributed by atoms with van der Waals surface area (Å²) in [5.74, 6) is -1.03. The van der Waals surface area contributed by atoms with Crippen LogP contribution in [0.2, 0.25) is 0 Å². The molecule has 1 aromatic carbocycles. The largest absolute Gasteiger partial charge is 0.476 e. The van der Waals surface area contributed by atoms with E-state index in [1.54, 1.807) is 4.68 Å². The molecule has 1 N–H and O–H groups in total. The lowest BCUT2D eigenvalue weighted by atomic mass is 10.2. The number of rotatable bonds is 4. The van der Waals surface area contributed by atoms with Crippen LogP contribution in [0.1, 0.15) is 28.5 Å². The van der Waals surface area contributed by atoms with Crippen molar-refractivity contribution in [3.8, 4) is 0 Å². The fourth-order valence-corrected chi connectivity index (χ4v) is 2.57. The van der Waals surface area contributed by atoms with Gasteiger partial charge in [-0.25, -0.2) is 9.48 Å². The standard InChI is InChI=1S/C14H16N4O2/c19-14(20)13-10-18(16-15-13)12-6-7-17(9-12)8-11-4-2-1-3-5-11/h1-5,10,12H,6-9H2,(H,19,20). The highest BCUT2D eigenvalue weighted by molar-refractivity contribution is 5.84. The van der Waals surface area contributed by atoms with Gasteiger partial charge in [-0.3, -0.25) is 4.90 Å². The van der Waals surface area contributed by atoms with Crippen molar-refractivity contribution in [3.63, 3.8) is 0 Å². The molecule has 3 rings (SSSR count). The van der Waals surface area contributed by atoms with E-state index in [1.165, 1.54) is 11.8 Å². The molecule has 1 aliphatic rings. The summed E-state index contributed by atoms with van der Waals surface area (Å²) in [5, 5.41) is 16.4. The van der Waals surface area contributed by atoms with Crippen molar-refractivity contribution >= 4 is 5.97 Å². The van der Waals surface area contributed by atoms with Gasteiger partial charge in [-0.2, -0.15) is 0 Å². The Morgan fingerprint density at radius 3 is 2.85 bits per heavy atom. The minimum Gasteiger partial charge on any atom is -0.476 e.